The Morgan fingerprint density at radius 2 is 1.83 bits per heavy atom. The van der Waals surface area contributed by atoms with E-state index in [1.807, 2.05) is 30.3 Å². The number of carbonyl (C=O) groups is 2. The first-order valence-corrected chi connectivity index (χ1v) is 9.08. The maximum atomic E-state index is 12.5. The Kier molecular flexibility index (Phi) is 5.43. The first-order chi connectivity index (χ1) is 11.7. The molecule has 24 heavy (non-hydrogen) atoms. The molecule has 4 nitrogen and oxygen atoms in total. The number of carbonyl (C=O) groups excluding carboxylic acids is 2. The summed E-state index contributed by atoms with van der Waals surface area (Å²) >= 11 is 7.95. The van der Waals surface area contributed by atoms with E-state index in [2.05, 4.69) is 5.32 Å². The first-order valence-electron chi connectivity index (χ1n) is 7.65. The average molecular weight is 361 g/mol. The summed E-state index contributed by atoms with van der Waals surface area (Å²) in [6.45, 7) is 0.635. The number of thioether (sulfide) groups is 1. The molecule has 2 aromatic carbocycles. The first kappa shape index (κ1) is 16.9. The van der Waals surface area contributed by atoms with E-state index >= 15 is 0 Å². The van der Waals surface area contributed by atoms with Gasteiger partial charge in [0.05, 0.1) is 6.54 Å². The molecule has 0 aliphatic carbocycles. The van der Waals surface area contributed by atoms with Crippen LogP contribution in [0.2, 0.25) is 5.02 Å². The number of halogens is 1. The minimum Gasteiger partial charge on any atom is -0.343 e. The third kappa shape index (κ3) is 3.74. The second-order valence-electron chi connectivity index (χ2n) is 5.38. The minimum absolute atomic E-state index is 0.0186. The molecule has 3 rings (SSSR count). The molecule has 1 saturated heterocycles. The van der Waals surface area contributed by atoms with E-state index in [0.717, 1.165) is 11.3 Å². The number of hydrogen-bond donors (Lipinski definition) is 1. The van der Waals surface area contributed by atoms with Crippen LogP contribution in [0, 0.1) is 0 Å². The Morgan fingerprint density at radius 3 is 2.58 bits per heavy atom. The van der Waals surface area contributed by atoms with Crippen molar-refractivity contribution in [1.82, 2.24) is 10.2 Å². The third-order valence-corrected chi connectivity index (χ3v) is 5.41. The molecule has 2 aromatic rings. The highest BCUT2D eigenvalue weighted by Crippen LogP contribution is 2.40. The Labute approximate surface area is 150 Å². The lowest BCUT2D eigenvalue weighted by molar-refractivity contribution is -0.130. The molecular weight excluding hydrogens is 344 g/mol. The fourth-order valence-corrected chi connectivity index (χ4v) is 4.22. The molecule has 1 heterocycles. The van der Waals surface area contributed by atoms with Crippen LogP contribution in [0.4, 0.5) is 0 Å². The Balaban J connectivity index is 1.64. The smallest absolute Gasteiger partial charge is 0.251 e. The summed E-state index contributed by atoms with van der Waals surface area (Å²) in [6, 6.07) is 16.4. The topological polar surface area (TPSA) is 49.4 Å². The zero-order valence-electron chi connectivity index (χ0n) is 12.9. The van der Waals surface area contributed by atoms with Crippen molar-refractivity contribution in [2.75, 3.05) is 18.8 Å². The summed E-state index contributed by atoms with van der Waals surface area (Å²) in [4.78, 5) is 26.4. The van der Waals surface area contributed by atoms with Crippen LogP contribution in [0.15, 0.2) is 54.6 Å². The number of nitrogens with zero attached hydrogens (tertiary/aromatic N) is 1. The summed E-state index contributed by atoms with van der Waals surface area (Å²) in [5, 5.41) is 3.25. The molecule has 2 amide bonds. The highest BCUT2D eigenvalue weighted by Gasteiger charge is 2.31. The van der Waals surface area contributed by atoms with Gasteiger partial charge in [-0.15, -0.1) is 11.8 Å². The van der Waals surface area contributed by atoms with Crippen molar-refractivity contribution in [2.45, 2.75) is 5.37 Å². The van der Waals surface area contributed by atoms with Crippen LogP contribution < -0.4 is 5.32 Å². The van der Waals surface area contributed by atoms with E-state index in [1.54, 1.807) is 40.9 Å². The maximum Gasteiger partial charge on any atom is 0.251 e. The van der Waals surface area contributed by atoms with Crippen molar-refractivity contribution in [1.29, 1.82) is 0 Å². The summed E-state index contributed by atoms with van der Waals surface area (Å²) < 4.78 is 0. The van der Waals surface area contributed by atoms with E-state index < -0.39 is 0 Å². The summed E-state index contributed by atoms with van der Waals surface area (Å²) in [5.41, 5.74) is 1.48. The molecule has 6 heteroatoms. The fourth-order valence-electron chi connectivity index (χ4n) is 2.61. The highest BCUT2D eigenvalue weighted by atomic mass is 35.5. The van der Waals surface area contributed by atoms with Crippen molar-refractivity contribution in [3.63, 3.8) is 0 Å². The van der Waals surface area contributed by atoms with Crippen LogP contribution in [-0.2, 0) is 4.79 Å². The zero-order chi connectivity index (χ0) is 16.9. The molecule has 0 bridgehead atoms. The van der Waals surface area contributed by atoms with E-state index in [9.17, 15) is 9.59 Å². The normalized spacial score (nSPS) is 16.9. The SMILES string of the molecule is O=C(NCC(=O)N1CCSC1c1ccccc1Cl)c1ccccc1. The molecule has 124 valence electrons. The van der Waals surface area contributed by atoms with Crippen LogP contribution in [-0.4, -0.2) is 35.6 Å². The standard InChI is InChI=1S/C18H17ClN2O2S/c19-15-9-5-4-8-14(15)18-21(10-11-24-18)16(22)12-20-17(23)13-6-2-1-3-7-13/h1-9,18H,10-12H2,(H,20,23). The summed E-state index contributed by atoms with van der Waals surface area (Å²) in [7, 11) is 0. The van der Waals surface area contributed by atoms with Crippen LogP contribution in [0.25, 0.3) is 0 Å². The van der Waals surface area contributed by atoms with E-state index in [4.69, 9.17) is 11.6 Å². The van der Waals surface area contributed by atoms with Gasteiger partial charge in [-0.25, -0.2) is 0 Å². The monoisotopic (exact) mass is 360 g/mol. The molecule has 1 unspecified atom stereocenters. The Morgan fingerprint density at radius 1 is 1.12 bits per heavy atom. The number of rotatable bonds is 4. The number of nitrogens with one attached hydrogen (secondary N) is 1. The molecule has 0 radical (unpaired) electrons. The fraction of sp³-hybridized carbons (Fsp3) is 0.222. The van der Waals surface area contributed by atoms with Crippen molar-refractivity contribution in [3.05, 3.63) is 70.7 Å². The molecule has 1 fully saturated rings. The lowest BCUT2D eigenvalue weighted by atomic mass is 10.2. The number of amides is 2. The van der Waals surface area contributed by atoms with Crippen molar-refractivity contribution >= 4 is 35.2 Å². The third-order valence-electron chi connectivity index (χ3n) is 3.82. The Hall–Kier alpha value is -1.98. The predicted molar refractivity (Wildman–Crippen MR) is 97.1 cm³/mol. The van der Waals surface area contributed by atoms with Crippen LogP contribution in [0.3, 0.4) is 0 Å². The molecule has 1 aliphatic heterocycles. The molecule has 0 aromatic heterocycles. The van der Waals surface area contributed by atoms with Gasteiger partial charge in [0, 0.05) is 28.4 Å². The van der Waals surface area contributed by atoms with Crippen molar-refractivity contribution < 1.29 is 9.59 Å². The van der Waals surface area contributed by atoms with Crippen molar-refractivity contribution in [2.24, 2.45) is 0 Å². The van der Waals surface area contributed by atoms with E-state index in [1.165, 1.54) is 0 Å². The summed E-state index contributed by atoms with van der Waals surface area (Å²) in [6.07, 6.45) is 0. The number of hydrogen-bond acceptors (Lipinski definition) is 3. The molecule has 1 atom stereocenters. The van der Waals surface area contributed by atoms with Crippen molar-refractivity contribution in [3.8, 4) is 0 Å². The molecule has 1 aliphatic rings. The summed E-state index contributed by atoms with van der Waals surface area (Å²) in [5.74, 6) is 0.508. The molecule has 0 saturated carbocycles. The van der Waals surface area contributed by atoms with E-state index in [0.29, 0.717) is 17.1 Å². The largest absolute Gasteiger partial charge is 0.343 e. The molecule has 1 N–H and O–H groups in total. The zero-order valence-corrected chi connectivity index (χ0v) is 14.5. The highest BCUT2D eigenvalue weighted by molar-refractivity contribution is 7.99. The Bertz CT molecular complexity index is 739. The van der Waals surface area contributed by atoms with Gasteiger partial charge in [-0.05, 0) is 18.2 Å². The van der Waals surface area contributed by atoms with Gasteiger partial charge in [-0.2, -0.15) is 0 Å². The maximum absolute atomic E-state index is 12.5. The molecule has 0 spiro atoms. The van der Waals surface area contributed by atoms with Gasteiger partial charge >= 0.3 is 0 Å². The minimum atomic E-state index is -0.245. The average Bonchev–Trinajstić information content (AvgIpc) is 3.10. The quantitative estimate of drug-likeness (QED) is 0.909. The van der Waals surface area contributed by atoms with Crippen LogP contribution in [0.1, 0.15) is 21.3 Å². The number of benzene rings is 2. The second-order valence-corrected chi connectivity index (χ2v) is 6.98. The van der Waals surface area contributed by atoms with E-state index in [-0.39, 0.29) is 23.7 Å². The van der Waals surface area contributed by atoms with Gasteiger partial charge < -0.3 is 10.2 Å². The van der Waals surface area contributed by atoms with Crippen LogP contribution in [0.5, 0.6) is 0 Å². The van der Waals surface area contributed by atoms with Gasteiger partial charge in [0.2, 0.25) is 5.91 Å². The van der Waals surface area contributed by atoms with Gasteiger partial charge in [-0.3, -0.25) is 9.59 Å². The molecular formula is C18H17ClN2O2S. The van der Waals surface area contributed by atoms with Gasteiger partial charge in [0.1, 0.15) is 5.37 Å². The van der Waals surface area contributed by atoms with Gasteiger partial charge in [-0.1, -0.05) is 48.0 Å². The second kappa shape index (κ2) is 7.73. The lowest BCUT2D eigenvalue weighted by Gasteiger charge is -2.25. The lowest BCUT2D eigenvalue weighted by Crippen LogP contribution is -2.39. The van der Waals surface area contributed by atoms with Gasteiger partial charge in [0.25, 0.3) is 5.91 Å². The van der Waals surface area contributed by atoms with Crippen LogP contribution >= 0.6 is 23.4 Å². The predicted octanol–water partition coefficient (Wildman–Crippen LogP) is 3.34. The van der Waals surface area contributed by atoms with Gasteiger partial charge in [0.15, 0.2) is 0 Å².